The van der Waals surface area contributed by atoms with Gasteiger partial charge in [-0.2, -0.15) is 0 Å². The van der Waals surface area contributed by atoms with E-state index < -0.39 is 0 Å². The molecular weight excluding hydrogens is 214 g/mol. The largest absolute Gasteiger partial charge is 0.313 e. The van der Waals surface area contributed by atoms with Gasteiger partial charge in [0, 0.05) is 22.7 Å². The van der Waals surface area contributed by atoms with Crippen LogP contribution in [0.25, 0.3) is 0 Å². The van der Waals surface area contributed by atoms with Crippen LogP contribution in [0.4, 0.5) is 0 Å². The Morgan fingerprint density at radius 1 is 1.19 bits per heavy atom. The summed E-state index contributed by atoms with van der Waals surface area (Å²) < 4.78 is 0. The molecule has 1 nitrogen and oxygen atoms in total. The standard InChI is InChI=1S/C14H23NS/c1-4-8-12(2)15-11-13(3)16-14-9-6-5-7-10-14/h5-7,9-10,12-13,15H,4,8,11H2,1-3H3. The molecule has 1 N–H and O–H groups in total. The Labute approximate surface area is 104 Å². The number of hydrogen-bond acceptors (Lipinski definition) is 2. The van der Waals surface area contributed by atoms with Crippen molar-refractivity contribution in [1.82, 2.24) is 5.32 Å². The maximum atomic E-state index is 3.58. The molecule has 0 heterocycles. The van der Waals surface area contributed by atoms with Crippen LogP contribution in [0.5, 0.6) is 0 Å². The van der Waals surface area contributed by atoms with Crippen molar-refractivity contribution in [2.45, 2.75) is 49.8 Å². The second kappa shape index (κ2) is 7.75. The fraction of sp³-hybridized carbons (Fsp3) is 0.571. The highest BCUT2D eigenvalue weighted by atomic mass is 32.2. The lowest BCUT2D eigenvalue weighted by atomic mass is 10.2. The molecule has 2 heteroatoms. The number of thioether (sulfide) groups is 1. The van der Waals surface area contributed by atoms with Gasteiger partial charge in [0.2, 0.25) is 0 Å². The minimum atomic E-state index is 0.627. The molecule has 1 aromatic rings. The van der Waals surface area contributed by atoms with E-state index >= 15 is 0 Å². The first kappa shape index (κ1) is 13.6. The van der Waals surface area contributed by atoms with Gasteiger partial charge in [-0.3, -0.25) is 0 Å². The highest BCUT2D eigenvalue weighted by Crippen LogP contribution is 2.22. The summed E-state index contributed by atoms with van der Waals surface area (Å²) >= 11 is 1.94. The van der Waals surface area contributed by atoms with Gasteiger partial charge in [0.05, 0.1) is 0 Å². The molecule has 0 amide bonds. The average molecular weight is 237 g/mol. The first-order valence-corrected chi connectivity index (χ1v) is 7.05. The second-order valence-corrected chi connectivity index (χ2v) is 5.85. The van der Waals surface area contributed by atoms with E-state index in [2.05, 4.69) is 56.4 Å². The zero-order valence-corrected chi connectivity index (χ0v) is 11.4. The van der Waals surface area contributed by atoms with Gasteiger partial charge in [0.25, 0.3) is 0 Å². The Morgan fingerprint density at radius 3 is 2.50 bits per heavy atom. The molecule has 0 aliphatic rings. The number of rotatable bonds is 7. The average Bonchev–Trinajstić information content (AvgIpc) is 2.28. The molecule has 1 rings (SSSR count). The molecule has 16 heavy (non-hydrogen) atoms. The smallest absolute Gasteiger partial charge is 0.0191 e. The first-order valence-electron chi connectivity index (χ1n) is 6.17. The van der Waals surface area contributed by atoms with E-state index in [9.17, 15) is 0 Å². The van der Waals surface area contributed by atoms with E-state index in [0.717, 1.165) is 6.54 Å². The van der Waals surface area contributed by atoms with Crippen molar-refractivity contribution in [1.29, 1.82) is 0 Å². The monoisotopic (exact) mass is 237 g/mol. The summed E-state index contributed by atoms with van der Waals surface area (Å²) in [7, 11) is 0. The lowest BCUT2D eigenvalue weighted by Gasteiger charge is -2.17. The predicted octanol–water partition coefficient (Wildman–Crippen LogP) is 3.95. The Bertz CT molecular complexity index is 273. The van der Waals surface area contributed by atoms with Crippen molar-refractivity contribution >= 4 is 11.8 Å². The summed E-state index contributed by atoms with van der Waals surface area (Å²) in [5, 5.41) is 4.21. The fourth-order valence-corrected chi connectivity index (χ4v) is 2.63. The summed E-state index contributed by atoms with van der Waals surface area (Å²) in [6.45, 7) is 7.87. The predicted molar refractivity (Wildman–Crippen MR) is 74.1 cm³/mol. The topological polar surface area (TPSA) is 12.0 Å². The molecule has 2 atom stereocenters. The Morgan fingerprint density at radius 2 is 1.88 bits per heavy atom. The van der Waals surface area contributed by atoms with Gasteiger partial charge in [-0.25, -0.2) is 0 Å². The molecule has 0 aliphatic carbocycles. The van der Waals surface area contributed by atoms with Gasteiger partial charge >= 0.3 is 0 Å². The highest BCUT2D eigenvalue weighted by molar-refractivity contribution is 8.00. The van der Waals surface area contributed by atoms with E-state index in [1.807, 2.05) is 11.8 Å². The third-order valence-corrected chi connectivity index (χ3v) is 3.67. The van der Waals surface area contributed by atoms with Gasteiger partial charge < -0.3 is 5.32 Å². The molecule has 0 spiro atoms. The zero-order valence-electron chi connectivity index (χ0n) is 10.6. The van der Waals surface area contributed by atoms with Crippen LogP contribution in [0.3, 0.4) is 0 Å². The minimum Gasteiger partial charge on any atom is -0.313 e. The summed E-state index contributed by atoms with van der Waals surface area (Å²) in [5.41, 5.74) is 0. The van der Waals surface area contributed by atoms with Gasteiger partial charge in [0.1, 0.15) is 0 Å². The molecule has 0 saturated carbocycles. The van der Waals surface area contributed by atoms with Crippen LogP contribution >= 0.6 is 11.8 Å². The first-order chi connectivity index (χ1) is 7.72. The van der Waals surface area contributed by atoms with Gasteiger partial charge in [-0.1, -0.05) is 38.5 Å². The summed E-state index contributed by atoms with van der Waals surface area (Å²) in [6.07, 6.45) is 2.52. The van der Waals surface area contributed by atoms with Gasteiger partial charge in [-0.15, -0.1) is 11.8 Å². The Hall–Kier alpha value is -0.470. The molecule has 0 radical (unpaired) electrons. The third kappa shape index (κ3) is 5.57. The molecular formula is C14H23NS. The normalized spacial score (nSPS) is 14.7. The lowest BCUT2D eigenvalue weighted by Crippen LogP contribution is -2.31. The summed E-state index contributed by atoms with van der Waals surface area (Å²) in [5.74, 6) is 0. The van der Waals surface area contributed by atoms with Crippen molar-refractivity contribution in [3.05, 3.63) is 30.3 Å². The molecule has 0 aliphatic heterocycles. The Balaban J connectivity index is 2.23. The maximum Gasteiger partial charge on any atom is 0.0191 e. The quantitative estimate of drug-likeness (QED) is 0.721. The molecule has 0 fully saturated rings. The van der Waals surface area contributed by atoms with E-state index in [-0.39, 0.29) is 0 Å². The van der Waals surface area contributed by atoms with Crippen LogP contribution in [0.1, 0.15) is 33.6 Å². The van der Waals surface area contributed by atoms with Crippen LogP contribution in [0.15, 0.2) is 35.2 Å². The molecule has 2 unspecified atom stereocenters. The highest BCUT2D eigenvalue weighted by Gasteiger charge is 2.06. The number of nitrogens with one attached hydrogen (secondary N) is 1. The van der Waals surface area contributed by atoms with Crippen LogP contribution in [-0.2, 0) is 0 Å². The van der Waals surface area contributed by atoms with E-state index in [1.165, 1.54) is 17.7 Å². The van der Waals surface area contributed by atoms with Crippen molar-refractivity contribution in [2.24, 2.45) is 0 Å². The van der Waals surface area contributed by atoms with Crippen molar-refractivity contribution < 1.29 is 0 Å². The van der Waals surface area contributed by atoms with Crippen LogP contribution < -0.4 is 5.32 Å². The van der Waals surface area contributed by atoms with E-state index in [1.54, 1.807) is 0 Å². The minimum absolute atomic E-state index is 0.627. The van der Waals surface area contributed by atoms with Crippen LogP contribution in [0, 0.1) is 0 Å². The molecule has 0 saturated heterocycles. The summed E-state index contributed by atoms with van der Waals surface area (Å²) in [6, 6.07) is 11.3. The molecule has 0 aromatic heterocycles. The van der Waals surface area contributed by atoms with Crippen molar-refractivity contribution in [2.75, 3.05) is 6.54 Å². The zero-order chi connectivity index (χ0) is 11.8. The van der Waals surface area contributed by atoms with Crippen LogP contribution in [0.2, 0.25) is 0 Å². The van der Waals surface area contributed by atoms with Crippen LogP contribution in [-0.4, -0.2) is 17.8 Å². The van der Waals surface area contributed by atoms with E-state index in [0.29, 0.717) is 11.3 Å². The number of benzene rings is 1. The van der Waals surface area contributed by atoms with Gasteiger partial charge in [-0.05, 0) is 25.5 Å². The van der Waals surface area contributed by atoms with Crippen molar-refractivity contribution in [3.63, 3.8) is 0 Å². The second-order valence-electron chi connectivity index (χ2n) is 4.34. The molecule has 0 bridgehead atoms. The van der Waals surface area contributed by atoms with Gasteiger partial charge in [0.15, 0.2) is 0 Å². The van der Waals surface area contributed by atoms with E-state index in [4.69, 9.17) is 0 Å². The maximum absolute atomic E-state index is 3.58. The molecule has 90 valence electrons. The summed E-state index contributed by atoms with van der Waals surface area (Å²) in [4.78, 5) is 1.36. The SMILES string of the molecule is CCCC(C)NCC(C)Sc1ccccc1. The van der Waals surface area contributed by atoms with Crippen molar-refractivity contribution in [3.8, 4) is 0 Å². The fourth-order valence-electron chi connectivity index (χ4n) is 1.68. The third-order valence-electron chi connectivity index (χ3n) is 2.56. The number of hydrogen-bond donors (Lipinski definition) is 1. The molecule has 1 aromatic carbocycles. The lowest BCUT2D eigenvalue weighted by molar-refractivity contribution is 0.511. The Kier molecular flexibility index (Phi) is 6.58.